The van der Waals surface area contributed by atoms with Gasteiger partial charge in [0.2, 0.25) is 11.8 Å². The van der Waals surface area contributed by atoms with E-state index in [1.54, 1.807) is 12.1 Å². The molecular formula is C17H22F3N3O2. The molecule has 0 aromatic carbocycles. The average Bonchev–Trinajstić information content (AvgIpc) is 2.89. The molecule has 1 amide bonds. The number of hydrogen-bond acceptors (Lipinski definition) is 4. The monoisotopic (exact) mass is 357 g/mol. The number of fused-ring (bicyclic) bond motifs is 2. The van der Waals surface area contributed by atoms with Crippen LogP contribution in [0.25, 0.3) is 0 Å². The molecule has 2 N–H and O–H groups in total. The lowest BCUT2D eigenvalue weighted by atomic mass is 9.89. The molecule has 2 unspecified atom stereocenters. The molecule has 0 saturated carbocycles. The second-order valence-electron chi connectivity index (χ2n) is 6.83. The SMILES string of the molecule is O=C(CC1CC2CCC(C1)N2)NCc1cccnc1OCC(F)(F)F. The Labute approximate surface area is 144 Å². The third kappa shape index (κ3) is 5.32. The van der Waals surface area contributed by atoms with Gasteiger partial charge < -0.3 is 15.4 Å². The fraction of sp³-hybridized carbons (Fsp3) is 0.647. The van der Waals surface area contributed by atoms with Crippen molar-refractivity contribution < 1.29 is 22.7 Å². The Kier molecular flexibility index (Phi) is 5.46. The Morgan fingerprint density at radius 2 is 2.04 bits per heavy atom. The van der Waals surface area contributed by atoms with Gasteiger partial charge in [-0.05, 0) is 37.7 Å². The largest absolute Gasteiger partial charge is 0.468 e. The number of rotatable bonds is 6. The molecule has 5 nitrogen and oxygen atoms in total. The fourth-order valence-corrected chi connectivity index (χ4v) is 3.71. The van der Waals surface area contributed by atoms with E-state index in [1.165, 1.54) is 19.0 Å². The van der Waals surface area contributed by atoms with E-state index >= 15 is 0 Å². The van der Waals surface area contributed by atoms with Crippen molar-refractivity contribution in [2.45, 2.75) is 56.9 Å². The number of piperidine rings is 1. The molecule has 138 valence electrons. The van der Waals surface area contributed by atoms with Crippen LogP contribution in [0.15, 0.2) is 18.3 Å². The molecule has 3 heterocycles. The summed E-state index contributed by atoms with van der Waals surface area (Å²) < 4.78 is 41.6. The second kappa shape index (κ2) is 7.59. The van der Waals surface area contributed by atoms with Crippen molar-refractivity contribution in [3.8, 4) is 5.88 Å². The number of nitrogens with zero attached hydrogens (tertiary/aromatic N) is 1. The zero-order valence-corrected chi connectivity index (χ0v) is 13.8. The number of carbonyl (C=O) groups excluding carboxylic acids is 1. The molecule has 2 aliphatic heterocycles. The summed E-state index contributed by atoms with van der Waals surface area (Å²) in [6.45, 7) is -1.29. The number of carbonyl (C=O) groups is 1. The highest BCUT2D eigenvalue weighted by Crippen LogP contribution is 2.32. The van der Waals surface area contributed by atoms with Gasteiger partial charge >= 0.3 is 6.18 Å². The van der Waals surface area contributed by atoms with Gasteiger partial charge in [-0.25, -0.2) is 4.98 Å². The van der Waals surface area contributed by atoms with Crippen LogP contribution in [0.5, 0.6) is 5.88 Å². The summed E-state index contributed by atoms with van der Waals surface area (Å²) in [6, 6.07) is 4.25. The summed E-state index contributed by atoms with van der Waals surface area (Å²) in [6.07, 6.45) is 1.77. The molecule has 2 atom stereocenters. The molecule has 2 fully saturated rings. The van der Waals surface area contributed by atoms with Gasteiger partial charge in [0.1, 0.15) is 0 Å². The first-order valence-corrected chi connectivity index (χ1v) is 8.55. The lowest BCUT2D eigenvalue weighted by Gasteiger charge is -2.28. The number of hydrogen-bond donors (Lipinski definition) is 2. The maximum absolute atomic E-state index is 12.3. The Hall–Kier alpha value is -1.83. The summed E-state index contributed by atoms with van der Waals surface area (Å²) in [4.78, 5) is 16.0. The molecule has 25 heavy (non-hydrogen) atoms. The highest BCUT2D eigenvalue weighted by atomic mass is 19.4. The predicted molar refractivity (Wildman–Crippen MR) is 84.9 cm³/mol. The molecule has 0 spiro atoms. The number of pyridine rings is 1. The van der Waals surface area contributed by atoms with E-state index in [-0.39, 0.29) is 18.3 Å². The van der Waals surface area contributed by atoms with Crippen LogP contribution in [0.3, 0.4) is 0 Å². The first-order chi connectivity index (χ1) is 11.9. The molecule has 1 aromatic rings. The Bertz CT molecular complexity index is 597. The van der Waals surface area contributed by atoms with Gasteiger partial charge in [0, 0.05) is 36.8 Å². The molecule has 0 aliphatic carbocycles. The standard InChI is InChI=1S/C17H22F3N3O2/c18-17(19,20)10-25-16-12(2-1-5-21-16)9-22-15(24)8-11-6-13-3-4-14(7-11)23-13/h1-2,5,11,13-14,23H,3-4,6-10H2,(H,22,24). The number of aromatic nitrogens is 1. The van der Waals surface area contributed by atoms with E-state index in [4.69, 9.17) is 4.74 Å². The van der Waals surface area contributed by atoms with Gasteiger partial charge in [0.25, 0.3) is 0 Å². The highest BCUT2D eigenvalue weighted by Gasteiger charge is 2.34. The Balaban J connectivity index is 1.48. The van der Waals surface area contributed by atoms with E-state index in [1.807, 2.05) is 0 Å². The third-order valence-corrected chi connectivity index (χ3v) is 4.74. The van der Waals surface area contributed by atoms with Crippen LogP contribution in [0.2, 0.25) is 0 Å². The van der Waals surface area contributed by atoms with Gasteiger partial charge in [-0.15, -0.1) is 0 Å². The normalized spacial score (nSPS) is 25.6. The zero-order valence-electron chi connectivity index (χ0n) is 13.8. The molecule has 0 radical (unpaired) electrons. The minimum Gasteiger partial charge on any atom is -0.468 e. The second-order valence-corrected chi connectivity index (χ2v) is 6.83. The van der Waals surface area contributed by atoms with Crippen LogP contribution in [-0.4, -0.2) is 35.8 Å². The van der Waals surface area contributed by atoms with Crippen molar-refractivity contribution in [1.82, 2.24) is 15.6 Å². The summed E-state index contributed by atoms with van der Waals surface area (Å²) >= 11 is 0. The first kappa shape index (κ1) is 18.0. The molecular weight excluding hydrogens is 335 g/mol. The van der Waals surface area contributed by atoms with Gasteiger partial charge in [-0.3, -0.25) is 4.79 Å². The van der Waals surface area contributed by atoms with Crippen LogP contribution < -0.4 is 15.4 Å². The summed E-state index contributed by atoms with van der Waals surface area (Å²) in [5, 5.41) is 6.31. The van der Waals surface area contributed by atoms with Gasteiger partial charge in [0.05, 0.1) is 0 Å². The number of nitrogens with one attached hydrogen (secondary N) is 2. The van der Waals surface area contributed by atoms with Crippen molar-refractivity contribution in [2.75, 3.05) is 6.61 Å². The quantitative estimate of drug-likeness (QED) is 0.821. The van der Waals surface area contributed by atoms with Gasteiger partial charge in [-0.2, -0.15) is 13.2 Å². The lowest BCUT2D eigenvalue weighted by molar-refractivity contribution is -0.154. The van der Waals surface area contributed by atoms with Crippen LogP contribution in [0.1, 0.15) is 37.7 Å². The maximum Gasteiger partial charge on any atom is 0.422 e. The predicted octanol–water partition coefficient (Wildman–Crippen LogP) is 2.56. The number of halogens is 3. The Morgan fingerprint density at radius 3 is 2.72 bits per heavy atom. The highest BCUT2D eigenvalue weighted by molar-refractivity contribution is 5.76. The van der Waals surface area contributed by atoms with Crippen molar-refractivity contribution in [3.05, 3.63) is 23.9 Å². The van der Waals surface area contributed by atoms with Gasteiger partial charge in [0.15, 0.2) is 6.61 Å². The van der Waals surface area contributed by atoms with E-state index in [2.05, 4.69) is 15.6 Å². The molecule has 1 aromatic heterocycles. The summed E-state index contributed by atoms with van der Waals surface area (Å²) in [7, 11) is 0. The third-order valence-electron chi connectivity index (χ3n) is 4.74. The minimum atomic E-state index is -4.42. The van der Waals surface area contributed by atoms with E-state index in [0.29, 0.717) is 30.0 Å². The summed E-state index contributed by atoms with van der Waals surface area (Å²) in [5.74, 6) is 0.186. The van der Waals surface area contributed by atoms with E-state index in [0.717, 1.165) is 12.8 Å². The summed E-state index contributed by atoms with van der Waals surface area (Å²) in [5.41, 5.74) is 0.436. The van der Waals surface area contributed by atoms with Crippen LogP contribution >= 0.6 is 0 Å². The van der Waals surface area contributed by atoms with Gasteiger partial charge in [-0.1, -0.05) is 6.07 Å². The average molecular weight is 357 g/mol. The number of alkyl halides is 3. The Morgan fingerprint density at radius 1 is 1.32 bits per heavy atom. The molecule has 8 heteroatoms. The molecule has 2 aliphatic rings. The van der Waals surface area contributed by atoms with Crippen molar-refractivity contribution in [3.63, 3.8) is 0 Å². The number of amides is 1. The topological polar surface area (TPSA) is 63.2 Å². The lowest BCUT2D eigenvalue weighted by Crippen LogP contribution is -2.39. The van der Waals surface area contributed by atoms with E-state index < -0.39 is 12.8 Å². The minimum absolute atomic E-state index is 0.0862. The number of ether oxygens (including phenoxy) is 1. The maximum atomic E-state index is 12.3. The first-order valence-electron chi connectivity index (χ1n) is 8.55. The molecule has 2 bridgehead atoms. The van der Waals surface area contributed by atoms with Crippen molar-refractivity contribution in [2.24, 2.45) is 5.92 Å². The fourth-order valence-electron chi connectivity index (χ4n) is 3.71. The van der Waals surface area contributed by atoms with Crippen LogP contribution in [0.4, 0.5) is 13.2 Å². The molecule has 3 rings (SSSR count). The van der Waals surface area contributed by atoms with Crippen LogP contribution in [0, 0.1) is 5.92 Å². The van der Waals surface area contributed by atoms with Crippen molar-refractivity contribution >= 4 is 5.91 Å². The van der Waals surface area contributed by atoms with Crippen LogP contribution in [-0.2, 0) is 11.3 Å². The molecule has 2 saturated heterocycles. The zero-order chi connectivity index (χ0) is 17.9. The van der Waals surface area contributed by atoms with Crippen molar-refractivity contribution in [1.29, 1.82) is 0 Å². The smallest absolute Gasteiger partial charge is 0.422 e. The van der Waals surface area contributed by atoms with E-state index in [9.17, 15) is 18.0 Å².